The van der Waals surface area contributed by atoms with Gasteiger partial charge in [0.2, 0.25) is 0 Å². The standard InChI is InChI=1S/C17H14Br2OS/c1-2-20-11-7-8-13(15(18)9-11)17(19)14-10-21-16-6-4-3-5-12(14)16/h3-10,17H,2H2,1H3. The molecule has 0 aliphatic heterocycles. The van der Waals surface area contributed by atoms with E-state index in [0.29, 0.717) is 6.61 Å². The van der Waals surface area contributed by atoms with Gasteiger partial charge in [0, 0.05) is 9.17 Å². The van der Waals surface area contributed by atoms with E-state index in [9.17, 15) is 0 Å². The summed E-state index contributed by atoms with van der Waals surface area (Å²) in [6, 6.07) is 14.7. The minimum atomic E-state index is 0.165. The van der Waals surface area contributed by atoms with Gasteiger partial charge in [-0.3, -0.25) is 0 Å². The fourth-order valence-corrected chi connectivity index (χ4v) is 5.17. The quantitative estimate of drug-likeness (QED) is 0.430. The fraction of sp³-hybridized carbons (Fsp3) is 0.176. The number of rotatable bonds is 4. The van der Waals surface area contributed by atoms with Crippen LogP contribution in [0.5, 0.6) is 5.75 Å². The zero-order valence-electron chi connectivity index (χ0n) is 11.5. The van der Waals surface area contributed by atoms with Crippen molar-refractivity contribution in [3.8, 4) is 5.75 Å². The minimum absolute atomic E-state index is 0.165. The lowest BCUT2D eigenvalue weighted by Gasteiger charge is -2.13. The van der Waals surface area contributed by atoms with Crippen LogP contribution < -0.4 is 4.74 Å². The van der Waals surface area contributed by atoms with Crippen molar-refractivity contribution in [2.24, 2.45) is 0 Å². The normalized spacial score (nSPS) is 12.5. The Morgan fingerprint density at radius 2 is 1.95 bits per heavy atom. The van der Waals surface area contributed by atoms with Crippen LogP contribution in [0.1, 0.15) is 22.9 Å². The first-order valence-electron chi connectivity index (χ1n) is 6.73. The minimum Gasteiger partial charge on any atom is -0.494 e. The molecule has 1 heterocycles. The van der Waals surface area contributed by atoms with Gasteiger partial charge < -0.3 is 4.74 Å². The number of hydrogen-bond acceptors (Lipinski definition) is 2. The van der Waals surface area contributed by atoms with E-state index in [1.54, 1.807) is 11.3 Å². The maximum absolute atomic E-state index is 5.54. The Morgan fingerprint density at radius 1 is 1.14 bits per heavy atom. The van der Waals surface area contributed by atoms with Gasteiger partial charge in [0.15, 0.2) is 0 Å². The van der Waals surface area contributed by atoms with Crippen LogP contribution in [0.25, 0.3) is 10.1 Å². The van der Waals surface area contributed by atoms with Gasteiger partial charge in [0.1, 0.15) is 5.75 Å². The predicted molar refractivity (Wildman–Crippen MR) is 97.9 cm³/mol. The maximum atomic E-state index is 5.54. The first-order chi connectivity index (χ1) is 10.2. The molecule has 3 aromatic rings. The van der Waals surface area contributed by atoms with Gasteiger partial charge in [0.25, 0.3) is 0 Å². The molecule has 1 nitrogen and oxygen atoms in total. The lowest BCUT2D eigenvalue weighted by atomic mass is 10.0. The lowest BCUT2D eigenvalue weighted by molar-refractivity contribution is 0.340. The first kappa shape index (κ1) is 15.1. The summed E-state index contributed by atoms with van der Waals surface area (Å²) in [4.78, 5) is 0.165. The zero-order valence-corrected chi connectivity index (χ0v) is 15.5. The van der Waals surface area contributed by atoms with Gasteiger partial charge in [-0.15, -0.1) is 11.3 Å². The number of ether oxygens (including phenoxy) is 1. The van der Waals surface area contributed by atoms with E-state index < -0.39 is 0 Å². The molecule has 0 spiro atoms. The number of benzene rings is 2. The number of thiophene rings is 1. The van der Waals surface area contributed by atoms with Crippen LogP contribution in [0.3, 0.4) is 0 Å². The third-order valence-electron chi connectivity index (χ3n) is 3.34. The average molecular weight is 426 g/mol. The van der Waals surface area contributed by atoms with Crippen molar-refractivity contribution in [3.63, 3.8) is 0 Å². The second-order valence-corrected chi connectivity index (χ2v) is 7.35. The molecule has 0 radical (unpaired) electrons. The van der Waals surface area contributed by atoms with Crippen molar-refractivity contribution in [2.45, 2.75) is 11.8 Å². The molecular formula is C17H14Br2OS. The van der Waals surface area contributed by atoms with E-state index in [4.69, 9.17) is 4.74 Å². The molecule has 1 unspecified atom stereocenters. The molecule has 4 heteroatoms. The van der Waals surface area contributed by atoms with Crippen molar-refractivity contribution in [1.82, 2.24) is 0 Å². The number of alkyl halides is 1. The average Bonchev–Trinajstić information content (AvgIpc) is 2.91. The molecule has 3 rings (SSSR count). The van der Waals surface area contributed by atoms with Crippen LogP contribution in [0, 0.1) is 0 Å². The van der Waals surface area contributed by atoms with Gasteiger partial charge in [0.05, 0.1) is 11.4 Å². The van der Waals surface area contributed by atoms with Crippen LogP contribution in [0.15, 0.2) is 52.3 Å². The van der Waals surface area contributed by atoms with Crippen LogP contribution in [0.2, 0.25) is 0 Å². The van der Waals surface area contributed by atoms with Crippen LogP contribution in [-0.2, 0) is 0 Å². The van der Waals surface area contributed by atoms with Crippen molar-refractivity contribution in [2.75, 3.05) is 6.61 Å². The fourth-order valence-electron chi connectivity index (χ4n) is 2.33. The molecule has 108 valence electrons. The zero-order chi connectivity index (χ0) is 14.8. The molecule has 0 fully saturated rings. The number of halogens is 2. The smallest absolute Gasteiger partial charge is 0.120 e. The summed E-state index contributed by atoms with van der Waals surface area (Å²) in [5.74, 6) is 0.892. The lowest BCUT2D eigenvalue weighted by Crippen LogP contribution is -1.96. The largest absolute Gasteiger partial charge is 0.494 e. The Balaban J connectivity index is 2.00. The third-order valence-corrected chi connectivity index (χ3v) is 5.99. The number of hydrogen-bond donors (Lipinski definition) is 0. The highest BCUT2D eigenvalue weighted by Gasteiger charge is 2.17. The van der Waals surface area contributed by atoms with E-state index in [1.165, 1.54) is 21.2 Å². The summed E-state index contributed by atoms with van der Waals surface area (Å²) in [5.41, 5.74) is 2.52. The summed E-state index contributed by atoms with van der Waals surface area (Å²) in [7, 11) is 0. The summed E-state index contributed by atoms with van der Waals surface area (Å²) in [6.45, 7) is 2.67. The molecule has 0 saturated heterocycles. The maximum Gasteiger partial charge on any atom is 0.120 e. The van der Waals surface area contributed by atoms with Crippen molar-refractivity contribution in [3.05, 3.63) is 63.4 Å². The van der Waals surface area contributed by atoms with Gasteiger partial charge >= 0.3 is 0 Å². The van der Waals surface area contributed by atoms with E-state index in [1.807, 2.05) is 19.1 Å². The highest BCUT2D eigenvalue weighted by atomic mass is 79.9. The second-order valence-electron chi connectivity index (χ2n) is 4.67. The molecule has 0 saturated carbocycles. The molecule has 0 aliphatic rings. The molecule has 1 aromatic heterocycles. The van der Waals surface area contributed by atoms with Crippen molar-refractivity contribution < 1.29 is 4.74 Å². The van der Waals surface area contributed by atoms with Crippen molar-refractivity contribution in [1.29, 1.82) is 0 Å². The molecule has 0 N–H and O–H groups in total. The van der Waals surface area contributed by atoms with E-state index >= 15 is 0 Å². The van der Waals surface area contributed by atoms with Gasteiger partial charge in [-0.2, -0.15) is 0 Å². The Hall–Kier alpha value is -0.840. The molecule has 1 atom stereocenters. The third kappa shape index (κ3) is 3.03. The summed E-state index contributed by atoms with van der Waals surface area (Å²) in [5, 5.41) is 3.54. The number of fused-ring (bicyclic) bond motifs is 1. The van der Waals surface area contributed by atoms with Gasteiger partial charge in [-0.25, -0.2) is 0 Å². The Morgan fingerprint density at radius 3 is 2.71 bits per heavy atom. The first-order valence-corrected chi connectivity index (χ1v) is 9.32. The van der Waals surface area contributed by atoms with Gasteiger partial charge in [-0.1, -0.05) is 56.1 Å². The molecule has 0 aliphatic carbocycles. The Bertz CT molecular complexity index is 766. The Labute approximate surface area is 145 Å². The monoisotopic (exact) mass is 424 g/mol. The molecule has 0 bridgehead atoms. The van der Waals surface area contributed by atoms with Crippen LogP contribution >= 0.6 is 43.2 Å². The SMILES string of the molecule is CCOc1ccc(C(Br)c2csc3ccccc23)c(Br)c1. The van der Waals surface area contributed by atoms with E-state index in [-0.39, 0.29) is 4.83 Å². The van der Waals surface area contributed by atoms with Crippen LogP contribution in [0.4, 0.5) is 0 Å². The molecular weight excluding hydrogens is 412 g/mol. The summed E-state index contributed by atoms with van der Waals surface area (Å²) < 4.78 is 7.92. The molecule has 2 aromatic carbocycles. The van der Waals surface area contributed by atoms with E-state index in [0.717, 1.165) is 10.2 Å². The van der Waals surface area contributed by atoms with Crippen molar-refractivity contribution >= 4 is 53.3 Å². The topological polar surface area (TPSA) is 9.23 Å². The van der Waals surface area contributed by atoms with E-state index in [2.05, 4.69) is 67.6 Å². The highest BCUT2D eigenvalue weighted by molar-refractivity contribution is 9.11. The molecule has 21 heavy (non-hydrogen) atoms. The van der Waals surface area contributed by atoms with Crippen LogP contribution in [-0.4, -0.2) is 6.61 Å². The summed E-state index contributed by atoms with van der Waals surface area (Å²) in [6.07, 6.45) is 0. The molecule has 0 amide bonds. The second kappa shape index (κ2) is 6.51. The summed E-state index contributed by atoms with van der Waals surface area (Å²) >= 11 is 9.29. The predicted octanol–water partition coefficient (Wildman–Crippen LogP) is 6.55. The van der Waals surface area contributed by atoms with Gasteiger partial charge in [-0.05, 0) is 47.0 Å². The Kier molecular flexibility index (Phi) is 4.67. The highest BCUT2D eigenvalue weighted by Crippen LogP contribution is 2.41.